The summed E-state index contributed by atoms with van der Waals surface area (Å²) in [6.07, 6.45) is 1.91. The fourth-order valence-corrected chi connectivity index (χ4v) is 3.20. The van der Waals surface area contributed by atoms with Crippen LogP contribution in [0.15, 0.2) is 60.8 Å². The van der Waals surface area contributed by atoms with Gasteiger partial charge in [0, 0.05) is 17.8 Å². The average molecular weight is 332 g/mol. The van der Waals surface area contributed by atoms with E-state index in [0.29, 0.717) is 19.6 Å². The average Bonchev–Trinajstić information content (AvgIpc) is 3.05. The van der Waals surface area contributed by atoms with Crippen molar-refractivity contribution in [1.29, 1.82) is 0 Å². The number of fused-ring (bicyclic) bond motifs is 1. The topological polar surface area (TPSA) is 50.2 Å². The first-order valence-corrected chi connectivity index (χ1v) is 8.43. The van der Waals surface area contributed by atoms with Crippen LogP contribution in [-0.2, 0) is 13.1 Å². The Balaban J connectivity index is 1.56. The number of aryl methyl sites for hydroxylation is 1. The molecule has 0 aliphatic carbocycles. The van der Waals surface area contributed by atoms with Crippen molar-refractivity contribution in [3.8, 4) is 11.1 Å². The Bertz CT molecular complexity index is 901. The van der Waals surface area contributed by atoms with Crippen molar-refractivity contribution < 1.29 is 4.79 Å². The second kappa shape index (κ2) is 6.43. The standard InChI is InChI=1S/C20H20N4O/c1-15-6-5-7-16(12-15)18-13-21-24-11-10-23(14-19(18)24)20(25)22-17-8-3-2-4-9-17/h2-9,12-13H,10-11,14H2,1H3,(H,22,25). The Morgan fingerprint density at radius 1 is 1.08 bits per heavy atom. The van der Waals surface area contributed by atoms with Crippen LogP contribution in [0.4, 0.5) is 10.5 Å². The molecule has 5 heteroatoms. The van der Waals surface area contributed by atoms with Crippen LogP contribution in [0.2, 0.25) is 0 Å². The summed E-state index contributed by atoms with van der Waals surface area (Å²) in [5.41, 5.74) is 5.35. The first-order chi connectivity index (χ1) is 12.2. The van der Waals surface area contributed by atoms with Gasteiger partial charge in [0.15, 0.2) is 0 Å². The van der Waals surface area contributed by atoms with Gasteiger partial charge in [0.25, 0.3) is 0 Å². The number of aromatic nitrogens is 2. The lowest BCUT2D eigenvalue weighted by Gasteiger charge is -2.28. The summed E-state index contributed by atoms with van der Waals surface area (Å²) in [6.45, 7) is 4.00. The van der Waals surface area contributed by atoms with E-state index in [1.54, 1.807) is 0 Å². The smallest absolute Gasteiger partial charge is 0.317 e. The molecule has 2 heterocycles. The van der Waals surface area contributed by atoms with E-state index in [0.717, 1.165) is 22.5 Å². The number of benzene rings is 2. The molecule has 2 amide bonds. The van der Waals surface area contributed by atoms with Gasteiger partial charge >= 0.3 is 6.03 Å². The normalized spacial score (nSPS) is 13.4. The van der Waals surface area contributed by atoms with Crippen LogP contribution in [-0.4, -0.2) is 27.3 Å². The van der Waals surface area contributed by atoms with Crippen LogP contribution in [0, 0.1) is 6.92 Å². The summed E-state index contributed by atoms with van der Waals surface area (Å²) in [5, 5.41) is 7.46. The van der Waals surface area contributed by atoms with Crippen molar-refractivity contribution in [3.05, 3.63) is 72.1 Å². The predicted octanol–water partition coefficient (Wildman–Crippen LogP) is 3.91. The number of rotatable bonds is 2. The van der Waals surface area contributed by atoms with Crippen LogP contribution in [0.25, 0.3) is 11.1 Å². The predicted molar refractivity (Wildman–Crippen MR) is 98.3 cm³/mol. The fraction of sp³-hybridized carbons (Fsp3) is 0.200. The number of carbonyl (C=O) groups excluding carboxylic acids is 1. The molecule has 25 heavy (non-hydrogen) atoms. The molecule has 1 aromatic heterocycles. The zero-order chi connectivity index (χ0) is 17.2. The molecule has 0 radical (unpaired) electrons. The van der Waals surface area contributed by atoms with Crippen LogP contribution in [0.1, 0.15) is 11.3 Å². The molecule has 1 N–H and O–H groups in total. The Kier molecular flexibility index (Phi) is 3.98. The summed E-state index contributed by atoms with van der Waals surface area (Å²) in [6, 6.07) is 17.9. The lowest BCUT2D eigenvalue weighted by atomic mass is 10.0. The lowest BCUT2D eigenvalue weighted by Crippen LogP contribution is -2.41. The van der Waals surface area contributed by atoms with Crippen LogP contribution >= 0.6 is 0 Å². The molecule has 0 atom stereocenters. The third-order valence-electron chi connectivity index (χ3n) is 4.51. The molecule has 0 bridgehead atoms. The minimum absolute atomic E-state index is 0.0751. The number of hydrogen-bond acceptors (Lipinski definition) is 2. The van der Waals surface area contributed by atoms with Crippen molar-refractivity contribution in [1.82, 2.24) is 14.7 Å². The summed E-state index contributed by atoms with van der Waals surface area (Å²) < 4.78 is 2.00. The molecule has 0 fully saturated rings. The Morgan fingerprint density at radius 2 is 1.92 bits per heavy atom. The van der Waals surface area contributed by atoms with E-state index in [-0.39, 0.29) is 6.03 Å². The lowest BCUT2D eigenvalue weighted by molar-refractivity contribution is 0.194. The van der Waals surface area contributed by atoms with E-state index < -0.39 is 0 Å². The highest BCUT2D eigenvalue weighted by molar-refractivity contribution is 5.89. The SMILES string of the molecule is Cc1cccc(-c2cnn3c2CN(C(=O)Nc2ccccc2)CC3)c1. The van der Waals surface area contributed by atoms with Gasteiger partial charge in [-0.1, -0.05) is 48.0 Å². The highest BCUT2D eigenvalue weighted by Gasteiger charge is 2.24. The summed E-state index contributed by atoms with van der Waals surface area (Å²) >= 11 is 0. The number of urea groups is 1. The molecule has 5 nitrogen and oxygen atoms in total. The van der Waals surface area contributed by atoms with Gasteiger partial charge in [0.2, 0.25) is 0 Å². The second-order valence-corrected chi connectivity index (χ2v) is 6.32. The van der Waals surface area contributed by atoms with Crippen LogP contribution in [0.3, 0.4) is 0 Å². The number of hydrogen-bond donors (Lipinski definition) is 1. The summed E-state index contributed by atoms with van der Waals surface area (Å²) in [4.78, 5) is 14.4. The van der Waals surface area contributed by atoms with Crippen LogP contribution in [0.5, 0.6) is 0 Å². The third-order valence-corrected chi connectivity index (χ3v) is 4.51. The van der Waals surface area contributed by atoms with E-state index in [9.17, 15) is 4.79 Å². The van der Waals surface area contributed by atoms with Gasteiger partial charge in [0.1, 0.15) is 0 Å². The second-order valence-electron chi connectivity index (χ2n) is 6.32. The molecule has 4 rings (SSSR count). The maximum Gasteiger partial charge on any atom is 0.322 e. The summed E-state index contributed by atoms with van der Waals surface area (Å²) in [7, 11) is 0. The maximum atomic E-state index is 12.6. The van der Waals surface area contributed by atoms with E-state index in [2.05, 4.69) is 41.6 Å². The van der Waals surface area contributed by atoms with Crippen molar-refractivity contribution in [2.45, 2.75) is 20.0 Å². The van der Waals surface area contributed by atoms with Gasteiger partial charge in [-0.25, -0.2) is 4.79 Å². The van der Waals surface area contributed by atoms with Crippen LogP contribution < -0.4 is 5.32 Å². The fourth-order valence-electron chi connectivity index (χ4n) is 3.20. The minimum Gasteiger partial charge on any atom is -0.317 e. The van der Waals surface area contributed by atoms with E-state index in [1.807, 2.05) is 46.1 Å². The number of nitrogens with one attached hydrogen (secondary N) is 1. The minimum atomic E-state index is -0.0751. The Labute approximate surface area is 146 Å². The largest absolute Gasteiger partial charge is 0.322 e. The quantitative estimate of drug-likeness (QED) is 0.773. The summed E-state index contributed by atoms with van der Waals surface area (Å²) in [5.74, 6) is 0. The number of para-hydroxylation sites is 1. The Morgan fingerprint density at radius 3 is 2.72 bits per heavy atom. The van der Waals surface area contributed by atoms with Crippen molar-refractivity contribution in [3.63, 3.8) is 0 Å². The van der Waals surface area contributed by atoms with Gasteiger partial charge in [-0.2, -0.15) is 5.10 Å². The highest BCUT2D eigenvalue weighted by Crippen LogP contribution is 2.27. The van der Waals surface area contributed by atoms with Crippen molar-refractivity contribution in [2.24, 2.45) is 0 Å². The van der Waals surface area contributed by atoms with E-state index in [4.69, 9.17) is 0 Å². The van der Waals surface area contributed by atoms with E-state index >= 15 is 0 Å². The van der Waals surface area contributed by atoms with Gasteiger partial charge < -0.3 is 10.2 Å². The number of carbonyl (C=O) groups is 1. The van der Waals surface area contributed by atoms with Gasteiger partial charge in [-0.3, -0.25) is 4.68 Å². The van der Waals surface area contributed by atoms with Gasteiger partial charge in [-0.05, 0) is 24.6 Å². The number of anilines is 1. The molecule has 1 aliphatic rings. The van der Waals surface area contributed by atoms with Crippen molar-refractivity contribution in [2.75, 3.05) is 11.9 Å². The zero-order valence-electron chi connectivity index (χ0n) is 14.1. The first kappa shape index (κ1) is 15.4. The van der Waals surface area contributed by atoms with Gasteiger partial charge in [0.05, 0.1) is 25.0 Å². The van der Waals surface area contributed by atoms with E-state index in [1.165, 1.54) is 5.56 Å². The molecule has 1 aliphatic heterocycles. The molecule has 126 valence electrons. The third kappa shape index (κ3) is 3.13. The zero-order valence-corrected chi connectivity index (χ0v) is 14.1. The molecule has 3 aromatic rings. The highest BCUT2D eigenvalue weighted by atomic mass is 16.2. The Hall–Kier alpha value is -3.08. The monoisotopic (exact) mass is 332 g/mol. The number of nitrogens with zero attached hydrogens (tertiary/aromatic N) is 3. The molecule has 0 saturated carbocycles. The molecule has 0 spiro atoms. The molecule has 0 saturated heterocycles. The molecule has 0 unspecified atom stereocenters. The molecule has 2 aromatic carbocycles. The molecular formula is C20H20N4O. The van der Waals surface area contributed by atoms with Crippen molar-refractivity contribution >= 4 is 11.7 Å². The molecular weight excluding hydrogens is 312 g/mol. The maximum absolute atomic E-state index is 12.6. The first-order valence-electron chi connectivity index (χ1n) is 8.43. The number of amides is 2. The van der Waals surface area contributed by atoms with Gasteiger partial charge in [-0.15, -0.1) is 0 Å².